The van der Waals surface area contributed by atoms with E-state index in [0.29, 0.717) is 18.3 Å². The zero-order valence-corrected chi connectivity index (χ0v) is 19.9. The van der Waals surface area contributed by atoms with Crippen molar-refractivity contribution in [3.05, 3.63) is 46.2 Å². The van der Waals surface area contributed by atoms with E-state index < -0.39 is 16.0 Å². The summed E-state index contributed by atoms with van der Waals surface area (Å²) in [4.78, 5) is 11.9. The molecule has 3 rings (SSSR count). The second-order valence-corrected chi connectivity index (χ2v) is 10.8. The fraction of sp³-hybridized carbons (Fsp3) is 0.522. The Kier molecular flexibility index (Phi) is 8.51. The summed E-state index contributed by atoms with van der Waals surface area (Å²) in [7, 11) is -2.67. The number of thiophene rings is 1. The minimum absolute atomic E-state index is 0.0613. The van der Waals surface area contributed by atoms with Crippen LogP contribution in [0.25, 0.3) is 0 Å². The van der Waals surface area contributed by atoms with Crippen molar-refractivity contribution in [3.63, 3.8) is 0 Å². The van der Waals surface area contributed by atoms with Gasteiger partial charge in [0.15, 0.2) is 0 Å². The molecular formula is C23H32N2O4S2. The summed E-state index contributed by atoms with van der Waals surface area (Å²) in [6.45, 7) is 2.77. The lowest BCUT2D eigenvalue weighted by atomic mass is 9.93. The van der Waals surface area contributed by atoms with Crippen molar-refractivity contribution in [1.29, 1.82) is 0 Å². The number of hydrogen-bond donors (Lipinski definition) is 2. The van der Waals surface area contributed by atoms with E-state index in [1.54, 1.807) is 17.5 Å². The number of carbonyl (C=O) groups excluding carboxylic acids is 1. The minimum Gasteiger partial charge on any atom is -0.465 e. The van der Waals surface area contributed by atoms with Gasteiger partial charge in [-0.1, -0.05) is 56.7 Å². The van der Waals surface area contributed by atoms with E-state index in [4.69, 9.17) is 4.74 Å². The lowest BCUT2D eigenvalue weighted by molar-refractivity contribution is 0.0602. The van der Waals surface area contributed by atoms with Gasteiger partial charge in [0.2, 0.25) is 0 Å². The molecule has 0 saturated heterocycles. The van der Waals surface area contributed by atoms with Crippen molar-refractivity contribution in [3.8, 4) is 0 Å². The van der Waals surface area contributed by atoms with E-state index in [1.807, 2.05) is 12.1 Å². The number of benzene rings is 1. The third-order valence-electron chi connectivity index (χ3n) is 5.85. The summed E-state index contributed by atoms with van der Waals surface area (Å²) in [6, 6.07) is 9.14. The van der Waals surface area contributed by atoms with Crippen LogP contribution in [0.1, 0.15) is 67.1 Å². The minimum atomic E-state index is -3.91. The fourth-order valence-corrected chi connectivity index (χ4v) is 6.63. The molecule has 0 aliphatic heterocycles. The zero-order valence-electron chi connectivity index (χ0n) is 18.2. The number of nitrogens with one attached hydrogen (secondary N) is 2. The Balaban J connectivity index is 1.66. The summed E-state index contributed by atoms with van der Waals surface area (Å²) in [5, 5.41) is 5.13. The van der Waals surface area contributed by atoms with Crippen LogP contribution in [-0.4, -0.2) is 27.5 Å². The Morgan fingerprint density at radius 2 is 1.87 bits per heavy atom. The lowest BCUT2D eigenvalue weighted by Crippen LogP contribution is -2.28. The molecule has 6 nitrogen and oxygen atoms in total. The summed E-state index contributed by atoms with van der Waals surface area (Å²) in [5.41, 5.74) is 1.38. The standard InChI is InChI=1S/C23H32N2O4S2/c1-17(15-18-9-5-3-4-6-10-18)24-16-19-11-7-8-12-20(19)25-31(27,28)21-13-14-30-22(21)23(26)29-2/h7-8,11-14,17-18,24-25H,3-6,9-10,15-16H2,1-2H3/t17-/m0/s1. The molecule has 1 aliphatic carbocycles. The van der Waals surface area contributed by atoms with E-state index >= 15 is 0 Å². The third kappa shape index (κ3) is 6.54. The molecule has 0 spiro atoms. The molecule has 1 atom stereocenters. The molecule has 8 heteroatoms. The van der Waals surface area contributed by atoms with Crippen LogP contribution in [0.4, 0.5) is 5.69 Å². The molecule has 1 aromatic heterocycles. The van der Waals surface area contributed by atoms with E-state index in [-0.39, 0.29) is 9.77 Å². The van der Waals surface area contributed by atoms with Crippen molar-refractivity contribution in [2.45, 2.75) is 69.4 Å². The van der Waals surface area contributed by atoms with Gasteiger partial charge in [-0.25, -0.2) is 13.2 Å². The van der Waals surface area contributed by atoms with Crippen LogP contribution in [0.15, 0.2) is 40.6 Å². The fourth-order valence-electron chi connectivity index (χ4n) is 4.19. The Labute approximate surface area is 189 Å². The average Bonchev–Trinajstić information content (AvgIpc) is 3.13. The number of methoxy groups -OCH3 is 1. The molecule has 2 aromatic rings. The number of rotatable bonds is 9. The first-order valence-corrected chi connectivity index (χ1v) is 13.3. The molecule has 1 fully saturated rings. The number of para-hydroxylation sites is 1. The summed E-state index contributed by atoms with van der Waals surface area (Å²) >= 11 is 1.05. The molecule has 1 aromatic carbocycles. The van der Waals surface area contributed by atoms with Crippen molar-refractivity contribution in [2.24, 2.45) is 5.92 Å². The molecule has 0 radical (unpaired) electrons. The highest BCUT2D eigenvalue weighted by Crippen LogP contribution is 2.28. The number of hydrogen-bond acceptors (Lipinski definition) is 6. The maximum atomic E-state index is 13.0. The number of sulfonamides is 1. The number of ether oxygens (including phenoxy) is 1. The summed E-state index contributed by atoms with van der Waals surface area (Å²) in [6.07, 6.45) is 9.14. The van der Waals surface area contributed by atoms with Crippen LogP contribution in [0.2, 0.25) is 0 Å². The maximum Gasteiger partial charge on any atom is 0.349 e. The monoisotopic (exact) mass is 464 g/mol. The van der Waals surface area contributed by atoms with Gasteiger partial charge in [0.25, 0.3) is 10.0 Å². The quantitative estimate of drug-likeness (QED) is 0.395. The predicted octanol–water partition coefficient (Wildman–Crippen LogP) is 5.17. The Morgan fingerprint density at radius 3 is 2.58 bits per heavy atom. The topological polar surface area (TPSA) is 84.5 Å². The van der Waals surface area contributed by atoms with E-state index in [2.05, 4.69) is 17.0 Å². The van der Waals surface area contributed by atoms with Gasteiger partial charge >= 0.3 is 5.97 Å². The first-order chi connectivity index (χ1) is 14.9. The lowest BCUT2D eigenvalue weighted by Gasteiger charge is -2.21. The van der Waals surface area contributed by atoms with Crippen LogP contribution >= 0.6 is 11.3 Å². The number of anilines is 1. The first-order valence-electron chi connectivity index (χ1n) is 10.9. The van der Waals surface area contributed by atoms with Crippen LogP contribution in [0, 0.1) is 5.92 Å². The highest BCUT2D eigenvalue weighted by molar-refractivity contribution is 7.93. The molecule has 1 heterocycles. The molecule has 170 valence electrons. The summed E-state index contributed by atoms with van der Waals surface area (Å²) < 4.78 is 33.3. The normalized spacial score (nSPS) is 16.5. The van der Waals surface area contributed by atoms with Crippen molar-refractivity contribution >= 4 is 33.0 Å². The molecule has 0 unspecified atom stereocenters. The Morgan fingerprint density at radius 1 is 1.16 bits per heavy atom. The molecule has 1 aliphatic rings. The predicted molar refractivity (Wildman–Crippen MR) is 125 cm³/mol. The second-order valence-electron chi connectivity index (χ2n) is 8.24. The van der Waals surface area contributed by atoms with Gasteiger partial charge in [-0.2, -0.15) is 0 Å². The SMILES string of the molecule is COC(=O)c1sccc1S(=O)(=O)Nc1ccccc1CN[C@@H](C)CC1CCCCCC1. The first kappa shape index (κ1) is 23.8. The Hall–Kier alpha value is -1.90. The number of esters is 1. The van der Waals surface area contributed by atoms with Crippen molar-refractivity contribution < 1.29 is 17.9 Å². The average molecular weight is 465 g/mol. The summed E-state index contributed by atoms with van der Waals surface area (Å²) in [5.74, 6) is 0.117. The van der Waals surface area contributed by atoms with E-state index in [9.17, 15) is 13.2 Å². The second kappa shape index (κ2) is 11.1. The molecule has 0 amide bonds. The van der Waals surface area contributed by atoms with Gasteiger partial charge in [-0.05, 0) is 42.3 Å². The van der Waals surface area contributed by atoms with Crippen LogP contribution in [0.5, 0.6) is 0 Å². The van der Waals surface area contributed by atoms with Gasteiger partial charge in [0.05, 0.1) is 12.8 Å². The van der Waals surface area contributed by atoms with Crippen molar-refractivity contribution in [2.75, 3.05) is 11.8 Å². The third-order valence-corrected chi connectivity index (χ3v) is 8.29. The zero-order chi connectivity index (χ0) is 22.3. The van der Waals surface area contributed by atoms with Gasteiger partial charge < -0.3 is 10.1 Å². The van der Waals surface area contributed by atoms with Gasteiger partial charge in [0, 0.05) is 12.6 Å². The molecule has 1 saturated carbocycles. The van der Waals surface area contributed by atoms with Gasteiger partial charge in [0.1, 0.15) is 9.77 Å². The van der Waals surface area contributed by atoms with Gasteiger partial charge in [-0.3, -0.25) is 4.72 Å². The number of carbonyl (C=O) groups is 1. The largest absolute Gasteiger partial charge is 0.465 e. The maximum absolute atomic E-state index is 13.0. The molecule has 31 heavy (non-hydrogen) atoms. The molecule has 0 bridgehead atoms. The van der Waals surface area contributed by atoms with Crippen molar-refractivity contribution in [1.82, 2.24) is 5.32 Å². The van der Waals surface area contributed by atoms with E-state index in [0.717, 1.165) is 29.2 Å². The highest BCUT2D eigenvalue weighted by atomic mass is 32.2. The van der Waals surface area contributed by atoms with Crippen LogP contribution < -0.4 is 10.0 Å². The van der Waals surface area contributed by atoms with E-state index in [1.165, 1.54) is 51.7 Å². The highest BCUT2D eigenvalue weighted by Gasteiger charge is 2.25. The van der Waals surface area contributed by atoms with Gasteiger partial charge in [-0.15, -0.1) is 11.3 Å². The Bertz CT molecular complexity index is 963. The van der Waals surface area contributed by atoms with Crippen LogP contribution in [0.3, 0.4) is 0 Å². The molecule has 2 N–H and O–H groups in total. The molecular weight excluding hydrogens is 432 g/mol. The smallest absolute Gasteiger partial charge is 0.349 e. The van der Waals surface area contributed by atoms with Crippen LogP contribution in [-0.2, 0) is 21.3 Å².